The van der Waals surface area contributed by atoms with Gasteiger partial charge in [-0.05, 0) is 56.2 Å². The molecule has 0 radical (unpaired) electrons. The fraction of sp³-hybridized carbons (Fsp3) is 0.333. The minimum Gasteiger partial charge on any atom is -0.496 e. The zero-order valence-electron chi connectivity index (χ0n) is 19.8. The lowest BCUT2D eigenvalue weighted by atomic mass is 9.71. The molecule has 0 bridgehead atoms. The van der Waals surface area contributed by atoms with Crippen LogP contribution in [0.2, 0.25) is 5.02 Å². The molecule has 1 aliphatic carbocycles. The number of esters is 1. The van der Waals surface area contributed by atoms with Gasteiger partial charge in [-0.25, -0.2) is 9.18 Å². The average molecular weight is 500 g/mol. The molecule has 0 aromatic heterocycles. The van der Waals surface area contributed by atoms with E-state index in [4.69, 9.17) is 25.8 Å². The SMILES string of the molecule is CCOC(=O)C1=C(C)NC2=CCCC(=O)C2C1c1ccc(OC)c(COc2ccc(F)cc2Cl)c1. The van der Waals surface area contributed by atoms with E-state index in [1.807, 2.05) is 25.1 Å². The van der Waals surface area contributed by atoms with Crippen LogP contribution in [0.1, 0.15) is 43.7 Å². The minimum absolute atomic E-state index is 0.0704. The number of carbonyl (C=O) groups excluding carboxylic acids is 2. The molecule has 1 N–H and O–H groups in total. The number of rotatable bonds is 7. The summed E-state index contributed by atoms with van der Waals surface area (Å²) < 4.78 is 30.1. The molecule has 0 fully saturated rings. The van der Waals surface area contributed by atoms with Gasteiger partial charge in [0.15, 0.2) is 0 Å². The van der Waals surface area contributed by atoms with Crippen molar-refractivity contribution in [1.82, 2.24) is 5.32 Å². The fourth-order valence-electron chi connectivity index (χ4n) is 4.70. The number of fused-ring (bicyclic) bond motifs is 1. The number of hydrogen-bond donors (Lipinski definition) is 1. The number of methoxy groups -OCH3 is 1. The number of allylic oxidation sites excluding steroid dienone is 3. The van der Waals surface area contributed by atoms with E-state index in [0.29, 0.717) is 41.2 Å². The molecule has 8 heteroatoms. The van der Waals surface area contributed by atoms with Crippen molar-refractivity contribution in [3.63, 3.8) is 0 Å². The van der Waals surface area contributed by atoms with Crippen LogP contribution < -0.4 is 14.8 Å². The van der Waals surface area contributed by atoms with Crippen LogP contribution >= 0.6 is 11.6 Å². The van der Waals surface area contributed by atoms with Gasteiger partial charge >= 0.3 is 5.97 Å². The number of hydrogen-bond acceptors (Lipinski definition) is 6. The highest BCUT2D eigenvalue weighted by molar-refractivity contribution is 6.32. The van der Waals surface area contributed by atoms with Crippen LogP contribution in [0.4, 0.5) is 4.39 Å². The highest BCUT2D eigenvalue weighted by atomic mass is 35.5. The van der Waals surface area contributed by atoms with Crippen molar-refractivity contribution in [2.24, 2.45) is 5.92 Å². The van der Waals surface area contributed by atoms with Crippen LogP contribution in [-0.4, -0.2) is 25.5 Å². The largest absolute Gasteiger partial charge is 0.496 e. The molecule has 2 aromatic carbocycles. The highest BCUT2D eigenvalue weighted by Gasteiger charge is 2.43. The molecule has 0 amide bonds. The van der Waals surface area contributed by atoms with Crippen LogP contribution in [0.15, 0.2) is 59.4 Å². The van der Waals surface area contributed by atoms with Crippen molar-refractivity contribution < 1.29 is 28.2 Å². The van der Waals surface area contributed by atoms with E-state index in [9.17, 15) is 14.0 Å². The molecule has 184 valence electrons. The number of benzene rings is 2. The van der Waals surface area contributed by atoms with E-state index in [2.05, 4.69) is 5.32 Å². The molecule has 1 aliphatic heterocycles. The summed E-state index contributed by atoms with van der Waals surface area (Å²) in [4.78, 5) is 26.1. The van der Waals surface area contributed by atoms with Gasteiger partial charge in [0.1, 0.15) is 29.7 Å². The number of Topliss-reactive ketones (excluding diaryl/α,β-unsaturated/α-hetero) is 1. The lowest BCUT2D eigenvalue weighted by molar-refractivity contribution is -0.139. The van der Waals surface area contributed by atoms with Crippen LogP contribution in [0.5, 0.6) is 11.5 Å². The predicted octanol–water partition coefficient (Wildman–Crippen LogP) is 5.45. The number of halogens is 2. The molecular formula is C27H27ClFNO5. The summed E-state index contributed by atoms with van der Waals surface area (Å²) in [5.74, 6) is -0.966. The van der Waals surface area contributed by atoms with Crippen LogP contribution in [0.3, 0.4) is 0 Å². The minimum atomic E-state index is -0.520. The van der Waals surface area contributed by atoms with Gasteiger partial charge in [-0.3, -0.25) is 4.79 Å². The summed E-state index contributed by atoms with van der Waals surface area (Å²) in [5, 5.41) is 3.41. The maximum absolute atomic E-state index is 13.4. The van der Waals surface area contributed by atoms with Crippen molar-refractivity contribution in [1.29, 1.82) is 0 Å². The molecule has 6 nitrogen and oxygen atoms in total. The number of ketones is 1. The van der Waals surface area contributed by atoms with Crippen molar-refractivity contribution in [3.8, 4) is 11.5 Å². The van der Waals surface area contributed by atoms with Crippen molar-refractivity contribution >= 4 is 23.4 Å². The Hall–Kier alpha value is -3.32. The number of carbonyl (C=O) groups is 2. The molecule has 2 aliphatic rings. The molecule has 2 atom stereocenters. The third kappa shape index (κ3) is 5.05. The standard InChI is InChI=1S/C27H27ClFNO5/c1-4-34-27(32)24-15(2)30-20-6-5-7-21(31)26(20)25(24)16-8-10-22(33-3)17(12-16)14-35-23-11-9-18(29)13-19(23)28/h6,8-13,25-26,30H,4-5,7,14H2,1-3H3. The predicted molar refractivity (Wildman–Crippen MR) is 130 cm³/mol. The van der Waals surface area contributed by atoms with Gasteiger partial charge in [0.05, 0.1) is 30.2 Å². The molecule has 0 saturated heterocycles. The maximum atomic E-state index is 13.4. The van der Waals surface area contributed by atoms with Gasteiger partial charge in [0.2, 0.25) is 0 Å². The Labute approximate surface area is 208 Å². The van der Waals surface area contributed by atoms with Gasteiger partial charge in [-0.2, -0.15) is 0 Å². The molecule has 1 heterocycles. The van der Waals surface area contributed by atoms with Gasteiger partial charge < -0.3 is 19.5 Å². The summed E-state index contributed by atoms with van der Waals surface area (Å²) in [5.41, 5.74) is 3.37. The third-order valence-corrected chi connectivity index (χ3v) is 6.55. The summed E-state index contributed by atoms with van der Waals surface area (Å²) >= 11 is 6.11. The topological polar surface area (TPSA) is 73.9 Å². The smallest absolute Gasteiger partial charge is 0.336 e. The lowest BCUT2D eigenvalue weighted by Crippen LogP contribution is -2.40. The monoisotopic (exact) mass is 499 g/mol. The summed E-state index contributed by atoms with van der Waals surface area (Å²) in [7, 11) is 1.55. The lowest BCUT2D eigenvalue weighted by Gasteiger charge is -2.38. The highest BCUT2D eigenvalue weighted by Crippen LogP contribution is 2.44. The first-order valence-corrected chi connectivity index (χ1v) is 11.8. The first kappa shape index (κ1) is 24.8. The van der Waals surface area contributed by atoms with Gasteiger partial charge in [0, 0.05) is 29.3 Å². The first-order valence-electron chi connectivity index (χ1n) is 11.5. The zero-order chi connectivity index (χ0) is 25.1. The second kappa shape index (κ2) is 10.5. The molecule has 0 saturated carbocycles. The van der Waals surface area contributed by atoms with Crippen LogP contribution in [-0.2, 0) is 20.9 Å². The fourth-order valence-corrected chi connectivity index (χ4v) is 4.93. The van der Waals surface area contributed by atoms with Gasteiger partial charge in [-0.15, -0.1) is 0 Å². The van der Waals surface area contributed by atoms with Crippen molar-refractivity contribution in [2.45, 2.75) is 39.2 Å². The zero-order valence-corrected chi connectivity index (χ0v) is 20.6. The Morgan fingerprint density at radius 1 is 1.17 bits per heavy atom. The van der Waals surface area contributed by atoms with E-state index >= 15 is 0 Å². The van der Waals surface area contributed by atoms with E-state index in [1.165, 1.54) is 18.2 Å². The van der Waals surface area contributed by atoms with Crippen molar-refractivity contribution in [3.05, 3.63) is 81.4 Å². The Bertz CT molecular complexity index is 1220. The molecular weight excluding hydrogens is 473 g/mol. The van der Waals surface area contributed by atoms with E-state index in [-0.39, 0.29) is 24.0 Å². The molecule has 35 heavy (non-hydrogen) atoms. The Kier molecular flexibility index (Phi) is 7.45. The third-order valence-electron chi connectivity index (χ3n) is 6.25. The average Bonchev–Trinajstić information content (AvgIpc) is 2.82. The molecule has 2 aromatic rings. The Balaban J connectivity index is 1.75. The summed E-state index contributed by atoms with van der Waals surface area (Å²) in [6.07, 6.45) is 3.10. The van der Waals surface area contributed by atoms with E-state index in [0.717, 1.165) is 11.3 Å². The second-order valence-corrected chi connectivity index (χ2v) is 8.85. The first-order chi connectivity index (χ1) is 16.8. The Morgan fingerprint density at radius 2 is 1.94 bits per heavy atom. The molecule has 0 spiro atoms. The van der Waals surface area contributed by atoms with E-state index < -0.39 is 23.6 Å². The summed E-state index contributed by atoms with van der Waals surface area (Å²) in [6.45, 7) is 3.88. The van der Waals surface area contributed by atoms with E-state index in [1.54, 1.807) is 20.1 Å². The summed E-state index contributed by atoms with van der Waals surface area (Å²) in [6, 6.07) is 9.43. The number of nitrogens with one attached hydrogen (secondary N) is 1. The molecule has 2 unspecified atom stereocenters. The molecule has 4 rings (SSSR count). The number of ether oxygens (including phenoxy) is 3. The maximum Gasteiger partial charge on any atom is 0.336 e. The van der Waals surface area contributed by atoms with Gasteiger partial charge in [0.25, 0.3) is 0 Å². The van der Waals surface area contributed by atoms with Crippen LogP contribution in [0, 0.1) is 11.7 Å². The second-order valence-electron chi connectivity index (χ2n) is 8.44. The van der Waals surface area contributed by atoms with Crippen molar-refractivity contribution in [2.75, 3.05) is 13.7 Å². The quantitative estimate of drug-likeness (QED) is 0.510. The normalized spacial score (nSPS) is 19.5. The van der Waals surface area contributed by atoms with Crippen LogP contribution in [0.25, 0.3) is 0 Å². The van der Waals surface area contributed by atoms with Gasteiger partial charge in [-0.1, -0.05) is 23.7 Å². The Morgan fingerprint density at radius 3 is 2.66 bits per heavy atom.